The van der Waals surface area contributed by atoms with E-state index in [0.29, 0.717) is 5.56 Å². The number of carboxylic acids is 1. The van der Waals surface area contributed by atoms with E-state index in [-0.39, 0.29) is 0 Å². The fraction of sp³-hybridized carbons (Fsp3) is 0. The maximum atomic E-state index is 10.2. The molecule has 0 heterocycles. The fourth-order valence-corrected chi connectivity index (χ4v) is 2.84. The van der Waals surface area contributed by atoms with Crippen LogP contribution in [0.2, 0.25) is 0 Å². The molecule has 0 aliphatic carbocycles. The second-order valence-corrected chi connectivity index (χ2v) is 5.93. The first-order valence-electron chi connectivity index (χ1n) is 6.91. The maximum absolute atomic E-state index is 10.2. The van der Waals surface area contributed by atoms with Crippen LogP contribution in [0.1, 0.15) is 10.4 Å². The third kappa shape index (κ3) is 5.51. The van der Waals surface area contributed by atoms with Crippen molar-refractivity contribution in [2.45, 2.75) is 0 Å². The predicted octanol–water partition coefficient (Wildman–Crippen LogP) is 3.70. The van der Waals surface area contributed by atoms with Gasteiger partial charge in [0.05, 0.1) is 5.56 Å². The average molecular weight is 308 g/mol. The molecule has 0 aromatic heterocycles. The Kier molecular flexibility index (Phi) is 6.35. The smallest absolute Gasteiger partial charge is 0.335 e. The summed E-state index contributed by atoms with van der Waals surface area (Å²) in [5, 5.41) is 11.2. The highest BCUT2D eigenvalue weighted by Crippen LogP contribution is 2.08. The van der Waals surface area contributed by atoms with Crippen molar-refractivity contribution in [3.8, 4) is 0 Å². The number of aromatic carboxylic acids is 1. The molecule has 0 radical (unpaired) electrons. The van der Waals surface area contributed by atoms with E-state index in [1.54, 1.807) is 30.3 Å². The van der Waals surface area contributed by atoms with Gasteiger partial charge in [0.1, 0.15) is 0 Å². The molecule has 0 aliphatic heterocycles. The lowest BCUT2D eigenvalue weighted by molar-refractivity contribution is 0.0697. The quantitative estimate of drug-likeness (QED) is 0.749. The van der Waals surface area contributed by atoms with E-state index in [2.05, 4.69) is 60.7 Å². The second kappa shape index (κ2) is 8.76. The molecule has 2 nitrogen and oxygen atoms in total. The number of benzene rings is 3. The number of hydrogen-bond acceptors (Lipinski definition) is 1. The molecule has 1 N–H and O–H groups in total. The van der Waals surface area contributed by atoms with E-state index in [1.165, 1.54) is 10.6 Å². The minimum atomic E-state index is -0.879. The Morgan fingerprint density at radius 2 is 1.00 bits per heavy atom. The lowest BCUT2D eigenvalue weighted by Gasteiger charge is -2.00. The summed E-state index contributed by atoms with van der Waals surface area (Å²) in [6.07, 6.45) is 0. The Bertz CT molecular complexity index is 645. The molecule has 3 aromatic rings. The molecule has 3 aromatic carbocycles. The van der Waals surface area contributed by atoms with Gasteiger partial charge in [-0.05, 0) is 22.7 Å². The topological polar surface area (TPSA) is 37.3 Å². The van der Waals surface area contributed by atoms with Crippen molar-refractivity contribution >= 4 is 25.2 Å². The van der Waals surface area contributed by atoms with E-state index < -0.39 is 5.97 Å². The summed E-state index contributed by atoms with van der Waals surface area (Å²) in [4.78, 5) is 10.2. The zero-order chi connectivity index (χ0) is 15.6. The fourth-order valence-electron chi connectivity index (χ4n) is 1.79. The van der Waals surface area contributed by atoms with Crippen LogP contribution in [0, 0.1) is 0 Å². The van der Waals surface area contributed by atoms with Crippen molar-refractivity contribution in [1.29, 1.82) is 0 Å². The number of carboxylic acid groups (broad SMARTS) is 1. The highest BCUT2D eigenvalue weighted by molar-refractivity contribution is 7.55. The van der Waals surface area contributed by atoms with Gasteiger partial charge in [-0.3, -0.25) is 0 Å². The van der Waals surface area contributed by atoms with Crippen LogP contribution in [0.15, 0.2) is 91.0 Å². The normalized spacial score (nSPS) is 9.45. The van der Waals surface area contributed by atoms with E-state index >= 15 is 0 Å². The number of rotatable bonds is 3. The van der Waals surface area contributed by atoms with Gasteiger partial charge in [0.15, 0.2) is 0 Å². The van der Waals surface area contributed by atoms with Gasteiger partial charge in [0, 0.05) is 0 Å². The molecule has 0 amide bonds. The van der Waals surface area contributed by atoms with Crippen molar-refractivity contribution in [2.24, 2.45) is 0 Å². The van der Waals surface area contributed by atoms with Crippen LogP contribution in [-0.4, -0.2) is 11.1 Å². The first kappa shape index (κ1) is 15.9. The molecular weight excluding hydrogens is 291 g/mol. The third-order valence-electron chi connectivity index (χ3n) is 2.86. The number of hydrogen-bond donors (Lipinski definition) is 1. The van der Waals surface area contributed by atoms with E-state index in [4.69, 9.17) is 5.11 Å². The standard InChI is InChI=1S/C12H11P.C7H6O2/c1-3-7-11(8-4-1)13-12-9-5-2-6-10-12;8-7(9)6-4-2-1-3-5-6/h1-10,13H;1-5H,(H,8,9). The summed E-state index contributed by atoms with van der Waals surface area (Å²) in [7, 11) is 0.777. The molecule has 110 valence electrons. The van der Waals surface area contributed by atoms with Crippen molar-refractivity contribution in [3.05, 3.63) is 96.6 Å². The highest BCUT2D eigenvalue weighted by Gasteiger charge is 1.96. The maximum Gasteiger partial charge on any atom is 0.335 e. The zero-order valence-corrected chi connectivity index (χ0v) is 13.0. The van der Waals surface area contributed by atoms with Crippen molar-refractivity contribution in [1.82, 2.24) is 0 Å². The summed E-state index contributed by atoms with van der Waals surface area (Å²) < 4.78 is 0. The summed E-state index contributed by atoms with van der Waals surface area (Å²) >= 11 is 0. The molecule has 0 atom stereocenters. The average Bonchev–Trinajstić information content (AvgIpc) is 2.58. The lowest BCUT2D eigenvalue weighted by Crippen LogP contribution is -2.01. The molecule has 3 heteroatoms. The first-order valence-corrected chi connectivity index (χ1v) is 7.91. The minimum Gasteiger partial charge on any atom is -0.478 e. The molecule has 3 rings (SSSR count). The van der Waals surface area contributed by atoms with Gasteiger partial charge < -0.3 is 5.11 Å². The van der Waals surface area contributed by atoms with Crippen LogP contribution in [0.25, 0.3) is 0 Å². The zero-order valence-electron chi connectivity index (χ0n) is 12.0. The monoisotopic (exact) mass is 308 g/mol. The predicted molar refractivity (Wildman–Crippen MR) is 93.9 cm³/mol. The lowest BCUT2D eigenvalue weighted by atomic mass is 10.2. The van der Waals surface area contributed by atoms with Crippen molar-refractivity contribution < 1.29 is 9.90 Å². The van der Waals surface area contributed by atoms with Gasteiger partial charge in [0.25, 0.3) is 0 Å². The van der Waals surface area contributed by atoms with Gasteiger partial charge in [0.2, 0.25) is 0 Å². The van der Waals surface area contributed by atoms with Crippen LogP contribution in [0.3, 0.4) is 0 Å². The molecule has 0 saturated carbocycles. The molecule has 0 unspecified atom stereocenters. The van der Waals surface area contributed by atoms with Crippen LogP contribution < -0.4 is 10.6 Å². The molecular formula is C19H17O2P. The van der Waals surface area contributed by atoms with E-state index in [9.17, 15) is 4.79 Å². The summed E-state index contributed by atoms with van der Waals surface area (Å²) in [5.74, 6) is -0.879. The molecule has 22 heavy (non-hydrogen) atoms. The molecule has 0 spiro atoms. The molecule has 0 saturated heterocycles. The van der Waals surface area contributed by atoms with Gasteiger partial charge in [-0.1, -0.05) is 87.4 Å². The van der Waals surface area contributed by atoms with Gasteiger partial charge in [-0.15, -0.1) is 0 Å². The van der Waals surface area contributed by atoms with Gasteiger partial charge >= 0.3 is 5.97 Å². The number of carbonyl (C=O) groups is 1. The second-order valence-electron chi connectivity index (χ2n) is 4.53. The van der Waals surface area contributed by atoms with E-state index in [1.807, 2.05) is 0 Å². The Morgan fingerprint density at radius 3 is 1.32 bits per heavy atom. The largest absolute Gasteiger partial charge is 0.478 e. The Morgan fingerprint density at radius 1 is 0.636 bits per heavy atom. The Balaban J connectivity index is 0.000000172. The molecule has 0 aliphatic rings. The van der Waals surface area contributed by atoms with Gasteiger partial charge in [-0.2, -0.15) is 0 Å². The van der Waals surface area contributed by atoms with Crippen molar-refractivity contribution in [2.75, 3.05) is 0 Å². The van der Waals surface area contributed by atoms with Crippen molar-refractivity contribution in [3.63, 3.8) is 0 Å². The van der Waals surface area contributed by atoms with Crippen LogP contribution in [0.4, 0.5) is 0 Å². The van der Waals surface area contributed by atoms with E-state index in [0.717, 1.165) is 8.58 Å². The Labute approximate surface area is 132 Å². The minimum absolute atomic E-state index is 0.331. The SMILES string of the molecule is O=C(O)c1ccccc1.c1ccc(Pc2ccccc2)cc1. The molecule has 0 fully saturated rings. The Hall–Kier alpha value is -2.44. The van der Waals surface area contributed by atoms with Gasteiger partial charge in [-0.25, -0.2) is 4.79 Å². The summed E-state index contributed by atoms with van der Waals surface area (Å²) in [5.41, 5.74) is 0.331. The third-order valence-corrected chi connectivity index (χ3v) is 4.10. The van der Waals surface area contributed by atoms with Crippen LogP contribution in [-0.2, 0) is 0 Å². The van der Waals surface area contributed by atoms with Crippen LogP contribution in [0.5, 0.6) is 0 Å². The van der Waals surface area contributed by atoms with Crippen LogP contribution >= 0.6 is 8.58 Å². The molecule has 0 bridgehead atoms. The first-order chi connectivity index (χ1) is 10.8. The summed E-state index contributed by atoms with van der Waals surface area (Å²) in [6.45, 7) is 0. The summed E-state index contributed by atoms with van der Waals surface area (Å²) in [6, 6.07) is 29.4. The highest BCUT2D eigenvalue weighted by atomic mass is 31.1.